The van der Waals surface area contributed by atoms with Crippen LogP contribution in [0.15, 0.2) is 9.98 Å². The highest BCUT2D eigenvalue weighted by atomic mass is 15.4. The van der Waals surface area contributed by atoms with Gasteiger partial charge in [-0.05, 0) is 0 Å². The Hall–Kier alpha value is -1.76. The van der Waals surface area contributed by atoms with Crippen LogP contribution in [0.3, 0.4) is 0 Å². The molecule has 6 nitrogen and oxygen atoms in total. The fourth-order valence-corrected chi connectivity index (χ4v) is 0.596. The van der Waals surface area contributed by atoms with Crippen molar-refractivity contribution in [3.63, 3.8) is 0 Å². The van der Waals surface area contributed by atoms with Crippen LogP contribution in [0.4, 0.5) is 0 Å². The van der Waals surface area contributed by atoms with E-state index in [9.17, 15) is 0 Å². The quantitative estimate of drug-likeness (QED) is 0.354. The molecular weight excluding hydrogens is 144 g/mol. The third-order valence-electron chi connectivity index (χ3n) is 1.13. The Balaban J connectivity index is 3.00. The summed E-state index contributed by atoms with van der Waals surface area (Å²) in [5, 5.41) is 16.8. The number of nitrogens with two attached hydrogens (primary N) is 1. The van der Waals surface area contributed by atoms with Crippen molar-refractivity contribution >= 4 is 11.9 Å². The Morgan fingerprint density at radius 3 is 2.64 bits per heavy atom. The van der Waals surface area contributed by atoms with Gasteiger partial charge in [0.05, 0.1) is 6.21 Å². The smallest absolute Gasteiger partial charge is 0.267 e. The van der Waals surface area contributed by atoms with Crippen molar-refractivity contribution < 1.29 is 0 Å². The lowest BCUT2D eigenvalue weighted by Gasteiger charge is -2.09. The van der Waals surface area contributed by atoms with E-state index in [0.29, 0.717) is 0 Å². The summed E-state index contributed by atoms with van der Waals surface area (Å²) < 4.78 is 0. The number of hydrogen-bond donors (Lipinski definition) is 2. The molecule has 1 atom stereocenters. The van der Waals surface area contributed by atoms with Gasteiger partial charge in [-0.3, -0.25) is 5.84 Å². The summed E-state index contributed by atoms with van der Waals surface area (Å²) in [6, 6.07) is 3.46. The molecule has 0 radical (unpaired) electrons. The fraction of sp³-hybridized carbons (Fsp3) is 0.200. The van der Waals surface area contributed by atoms with Gasteiger partial charge in [-0.25, -0.2) is 15.4 Å². The lowest BCUT2D eigenvalue weighted by atomic mass is 10.4. The van der Waals surface area contributed by atoms with Crippen molar-refractivity contribution in [3.8, 4) is 12.1 Å². The molecular formula is C5H4N6. The molecule has 0 aromatic carbocycles. The zero-order valence-corrected chi connectivity index (χ0v) is 5.44. The van der Waals surface area contributed by atoms with Crippen LogP contribution in [-0.2, 0) is 0 Å². The van der Waals surface area contributed by atoms with Gasteiger partial charge in [-0.15, -0.1) is 0 Å². The molecule has 0 aromatic rings. The Morgan fingerprint density at radius 2 is 2.36 bits per heavy atom. The Kier molecular flexibility index (Phi) is 1.65. The number of nitrogens with one attached hydrogen (secondary N) is 1. The maximum Gasteiger partial charge on any atom is 0.309 e. The molecule has 1 rings (SSSR count). The monoisotopic (exact) mass is 148 g/mol. The topological polar surface area (TPSA) is 110 Å². The van der Waals surface area contributed by atoms with Crippen molar-refractivity contribution in [2.45, 2.75) is 5.79 Å². The largest absolute Gasteiger partial charge is 0.309 e. The minimum atomic E-state index is -1.48. The van der Waals surface area contributed by atoms with E-state index in [-0.39, 0.29) is 5.71 Å². The van der Waals surface area contributed by atoms with Gasteiger partial charge in [-0.1, -0.05) is 0 Å². The first-order chi connectivity index (χ1) is 5.26. The molecule has 1 aliphatic rings. The average molecular weight is 148 g/mol. The maximum atomic E-state index is 8.51. The summed E-state index contributed by atoms with van der Waals surface area (Å²) >= 11 is 0. The Bertz CT molecular complexity index is 302. The lowest BCUT2D eigenvalue weighted by Crippen LogP contribution is -2.44. The van der Waals surface area contributed by atoms with Crippen molar-refractivity contribution in [1.29, 1.82) is 10.5 Å². The van der Waals surface area contributed by atoms with Crippen LogP contribution in [0, 0.1) is 22.7 Å². The predicted octanol–water partition coefficient (Wildman–Crippen LogP) is -1.32. The van der Waals surface area contributed by atoms with Crippen LogP contribution in [0.5, 0.6) is 0 Å². The average Bonchev–Trinajstić information content (AvgIpc) is 2.49. The predicted molar refractivity (Wildman–Crippen MR) is 37.2 cm³/mol. The van der Waals surface area contributed by atoms with Gasteiger partial charge in [0.2, 0.25) is 0 Å². The van der Waals surface area contributed by atoms with Crippen molar-refractivity contribution in [3.05, 3.63) is 0 Å². The highest BCUT2D eigenvalue weighted by Gasteiger charge is 2.30. The molecule has 1 unspecified atom stereocenters. The van der Waals surface area contributed by atoms with E-state index in [0.717, 1.165) is 0 Å². The van der Waals surface area contributed by atoms with Crippen LogP contribution < -0.4 is 11.3 Å². The minimum Gasteiger partial charge on any atom is -0.267 e. The first-order valence-corrected chi connectivity index (χ1v) is 2.70. The Labute approximate surface area is 62.6 Å². The lowest BCUT2D eigenvalue weighted by molar-refractivity contribution is 0.470. The van der Waals surface area contributed by atoms with Gasteiger partial charge in [-0.2, -0.15) is 10.5 Å². The van der Waals surface area contributed by atoms with Crippen LogP contribution in [0.1, 0.15) is 0 Å². The normalized spacial score (nSPS) is 27.4. The fourth-order valence-electron chi connectivity index (χ4n) is 0.596. The van der Waals surface area contributed by atoms with Crippen LogP contribution in [0.25, 0.3) is 0 Å². The molecule has 0 amide bonds. The molecule has 11 heavy (non-hydrogen) atoms. The zero-order valence-electron chi connectivity index (χ0n) is 5.44. The molecule has 0 aromatic heterocycles. The number of nitriles is 2. The number of hydrogen-bond acceptors (Lipinski definition) is 6. The molecule has 0 aliphatic carbocycles. The number of rotatable bonds is 1. The van der Waals surface area contributed by atoms with E-state index in [1.54, 1.807) is 12.1 Å². The molecule has 0 spiro atoms. The third kappa shape index (κ3) is 1.08. The molecule has 6 heteroatoms. The van der Waals surface area contributed by atoms with Gasteiger partial charge >= 0.3 is 5.79 Å². The van der Waals surface area contributed by atoms with E-state index in [4.69, 9.17) is 16.4 Å². The second-order valence-corrected chi connectivity index (χ2v) is 1.80. The summed E-state index contributed by atoms with van der Waals surface area (Å²) in [5.74, 6) is 3.51. The minimum absolute atomic E-state index is 0.0875. The number of nitrogens with zero attached hydrogens (tertiary/aromatic N) is 4. The summed E-state index contributed by atoms with van der Waals surface area (Å²) in [6.07, 6.45) is 1.20. The highest BCUT2D eigenvalue weighted by molar-refractivity contribution is 6.39. The molecule has 0 saturated heterocycles. The van der Waals surface area contributed by atoms with Crippen molar-refractivity contribution in [2.75, 3.05) is 0 Å². The maximum absolute atomic E-state index is 8.51. The SMILES string of the molecule is N#CC1=NC(C#N)(NN)N=C1. The van der Waals surface area contributed by atoms with Crippen LogP contribution in [-0.4, -0.2) is 17.7 Å². The van der Waals surface area contributed by atoms with E-state index in [2.05, 4.69) is 15.4 Å². The second-order valence-electron chi connectivity index (χ2n) is 1.80. The third-order valence-corrected chi connectivity index (χ3v) is 1.13. The van der Waals surface area contributed by atoms with Crippen LogP contribution >= 0.6 is 0 Å². The van der Waals surface area contributed by atoms with E-state index < -0.39 is 5.79 Å². The summed E-state index contributed by atoms with van der Waals surface area (Å²) in [4.78, 5) is 7.22. The van der Waals surface area contributed by atoms with Gasteiger partial charge in [0.1, 0.15) is 12.1 Å². The molecule has 0 saturated carbocycles. The van der Waals surface area contributed by atoms with Gasteiger partial charge in [0.25, 0.3) is 0 Å². The van der Waals surface area contributed by atoms with E-state index in [1.807, 2.05) is 0 Å². The zero-order chi connectivity index (χ0) is 8.32. The number of hydrazine groups is 1. The molecule has 3 N–H and O–H groups in total. The summed E-state index contributed by atoms with van der Waals surface area (Å²) in [6.45, 7) is 0. The summed E-state index contributed by atoms with van der Waals surface area (Å²) in [5.41, 5.74) is 2.18. The van der Waals surface area contributed by atoms with Crippen molar-refractivity contribution in [2.24, 2.45) is 15.8 Å². The molecule has 1 heterocycles. The standard InChI is InChI=1S/C5H4N6/c6-1-4-2-9-5(3-7,10-4)11-8/h2,11H,8H2. The highest BCUT2D eigenvalue weighted by Crippen LogP contribution is 2.10. The Morgan fingerprint density at radius 1 is 1.64 bits per heavy atom. The first-order valence-electron chi connectivity index (χ1n) is 2.70. The van der Waals surface area contributed by atoms with E-state index >= 15 is 0 Å². The molecule has 54 valence electrons. The van der Waals surface area contributed by atoms with Gasteiger partial charge in [0.15, 0.2) is 5.71 Å². The number of aliphatic imine (C=N–C) groups is 2. The van der Waals surface area contributed by atoms with E-state index in [1.165, 1.54) is 6.21 Å². The molecule has 0 bridgehead atoms. The van der Waals surface area contributed by atoms with Crippen LogP contribution in [0.2, 0.25) is 0 Å². The second kappa shape index (κ2) is 2.46. The molecule has 1 aliphatic heterocycles. The van der Waals surface area contributed by atoms with Gasteiger partial charge < -0.3 is 0 Å². The summed E-state index contributed by atoms with van der Waals surface area (Å²) in [7, 11) is 0. The van der Waals surface area contributed by atoms with Crippen molar-refractivity contribution in [1.82, 2.24) is 5.43 Å². The molecule has 0 fully saturated rings. The van der Waals surface area contributed by atoms with Gasteiger partial charge in [0, 0.05) is 0 Å². The first kappa shape index (κ1) is 7.35.